The molecule has 0 aromatic rings. The van der Waals surface area contributed by atoms with Gasteiger partial charge in [0.2, 0.25) is 0 Å². The molecule has 0 aromatic heterocycles. The maximum absolute atomic E-state index is 8.54. The van der Waals surface area contributed by atoms with Gasteiger partial charge in [0, 0.05) is 0 Å². The Morgan fingerprint density at radius 3 is 0.400 bits per heavy atom. The van der Waals surface area contributed by atoms with Crippen molar-refractivity contribution in [2.75, 3.05) is 0 Å². The molecule has 0 saturated heterocycles. The van der Waals surface area contributed by atoms with Crippen LogP contribution in [-0.4, -0.2) is 0 Å². The van der Waals surface area contributed by atoms with Gasteiger partial charge in [-0.1, -0.05) is 0 Å². The fourth-order valence-corrected chi connectivity index (χ4v) is 0. The van der Waals surface area contributed by atoms with Crippen LogP contribution in [0.1, 0.15) is 0 Å². The van der Waals surface area contributed by atoms with Gasteiger partial charge in [-0.15, -0.1) is 0 Å². The van der Waals surface area contributed by atoms with Crippen molar-refractivity contribution in [3.63, 3.8) is 0 Å². The van der Waals surface area contributed by atoms with E-state index in [2.05, 4.69) is 0 Å². The van der Waals surface area contributed by atoms with Crippen molar-refractivity contribution in [2.24, 2.45) is 0 Å². The molecule has 78 valence electrons. The van der Waals surface area contributed by atoms with Crippen LogP contribution in [0, 0.1) is 0 Å². The molecular weight excluding hydrogens is 953 g/mol. The maximum atomic E-state index is 8.54. The van der Waals surface area contributed by atoms with Crippen LogP contribution in [0.2, 0.25) is 0 Å². The Bertz CT molecular complexity index is 142. The molecule has 0 saturated carbocycles. The molecule has 0 N–H and O–H groups in total. The monoisotopic (exact) mass is 954 g/mol. The second kappa shape index (κ2) is 113. The van der Waals surface area contributed by atoms with E-state index in [9.17, 15) is 0 Å². The molecule has 15 heteroatoms. The van der Waals surface area contributed by atoms with Crippen molar-refractivity contribution < 1.29 is 168 Å². The second-order valence-corrected chi connectivity index (χ2v) is 1.48. The zero-order chi connectivity index (χ0) is 14.1. The van der Waals surface area contributed by atoms with Crippen molar-refractivity contribution in [1.82, 2.24) is 0 Å². The van der Waals surface area contributed by atoms with E-state index in [1.807, 2.05) is 0 Å². The summed E-state index contributed by atoms with van der Waals surface area (Å²) in [6, 6.07) is 0. The molecule has 0 unspecified atom stereocenters. The molecule has 0 amide bonds. The minimum absolute atomic E-state index is 0.0556. The average Bonchev–Trinajstić information content (AvgIpc) is 2.29. The summed E-state index contributed by atoms with van der Waals surface area (Å²) in [5, 5.41) is 0. The Morgan fingerprint density at radius 1 is 0.400 bits per heavy atom. The van der Waals surface area contributed by atoms with Crippen molar-refractivity contribution in [2.45, 2.75) is 0 Å². The van der Waals surface area contributed by atoms with Gasteiger partial charge in [-0.2, -0.15) is 0 Å². The summed E-state index contributed by atoms with van der Waals surface area (Å²) < 4.78 is 76.4. The van der Waals surface area contributed by atoms with Crippen LogP contribution in [-0.2, 0) is 168 Å². The molecule has 0 aliphatic heterocycles. The first kappa shape index (κ1) is 36.2. The summed E-state index contributed by atoms with van der Waals surface area (Å²) in [5.74, 6) is 0. The summed E-state index contributed by atoms with van der Waals surface area (Å²) in [4.78, 5) is 0. The topological polar surface area (TPSA) is 154 Å². The van der Waals surface area contributed by atoms with E-state index < -0.39 is 69.7 Å². The Labute approximate surface area is 164 Å². The van der Waals surface area contributed by atoms with Crippen molar-refractivity contribution in [1.29, 1.82) is 0 Å². The molecule has 0 aliphatic rings. The minimum atomic E-state index is -2.27. The third kappa shape index (κ3) is 349. The number of hydrogen-bond donors (Lipinski definition) is 0. The molecule has 0 radical (unpaired) electrons. The summed E-state index contributed by atoms with van der Waals surface area (Å²) in [5.41, 5.74) is 0. The van der Waals surface area contributed by atoms with E-state index in [4.69, 9.17) is 25.4 Å². The molecule has 0 spiro atoms. The van der Waals surface area contributed by atoms with Crippen LogP contribution in [0.4, 0.5) is 0 Å². The molecule has 0 atom stereocenters. The Hall–Kier alpha value is 3.46. The average molecular weight is 953 g/mol. The van der Waals surface area contributed by atoms with Crippen LogP contribution >= 0.6 is 0 Å². The van der Waals surface area contributed by atoms with Crippen LogP contribution in [0.5, 0.6) is 0 Å². The van der Waals surface area contributed by atoms with Gasteiger partial charge in [0.05, 0.1) is 0 Å². The first-order chi connectivity index (χ1) is 7.24. The molecule has 15 heavy (non-hydrogen) atoms. The van der Waals surface area contributed by atoms with Gasteiger partial charge in [0.15, 0.2) is 0 Å². The fraction of sp³-hybridized carbons (Fsp3) is 0. The molecule has 0 rings (SSSR count). The summed E-state index contributed by atoms with van der Waals surface area (Å²) in [7, 11) is 0. The van der Waals surface area contributed by atoms with E-state index >= 15 is 0 Å². The SMILES string of the molecule is [O]=[Hf].[O]=[Hf].[O]=[Hf].[O]=[Zr]=[O].[O]=[Zr]=[O].[O]=[Zr]=[O]. The van der Waals surface area contributed by atoms with Gasteiger partial charge in [-0.25, -0.2) is 0 Å². The van der Waals surface area contributed by atoms with Crippen LogP contribution in [0.15, 0.2) is 0 Å². The van der Waals surface area contributed by atoms with Gasteiger partial charge < -0.3 is 0 Å². The van der Waals surface area contributed by atoms with Gasteiger partial charge in [0.1, 0.15) is 0 Å². The van der Waals surface area contributed by atoms with Crippen LogP contribution in [0.25, 0.3) is 0 Å². The second-order valence-electron chi connectivity index (χ2n) is 0.250. The summed E-state index contributed by atoms with van der Waals surface area (Å²) >= 11 is -6.64. The first-order valence-electron chi connectivity index (χ1n) is 1.84. The molecule has 0 fully saturated rings. The van der Waals surface area contributed by atoms with Crippen LogP contribution in [0.3, 0.4) is 0 Å². The Kier molecular flexibility index (Phi) is 274. The molecule has 0 aliphatic carbocycles. The predicted molar refractivity (Wildman–Crippen MR) is 6.18 cm³/mol. The van der Waals surface area contributed by atoms with E-state index in [1.54, 1.807) is 0 Å². The summed E-state index contributed by atoms with van der Waals surface area (Å²) in [6.07, 6.45) is 0. The van der Waals surface area contributed by atoms with Gasteiger partial charge in [-0.3, -0.25) is 0 Å². The molecule has 0 aromatic carbocycles. The molecule has 0 bridgehead atoms. The predicted octanol–water partition coefficient (Wildman–Crippen LogP) is -1.08. The fourth-order valence-electron chi connectivity index (χ4n) is 0. The van der Waals surface area contributed by atoms with E-state index in [0.29, 0.717) is 0 Å². The normalized spacial score (nSPS) is 2.20. The van der Waals surface area contributed by atoms with Crippen molar-refractivity contribution >= 4 is 0 Å². The van der Waals surface area contributed by atoms with Crippen molar-refractivity contribution in [3.05, 3.63) is 0 Å². The van der Waals surface area contributed by atoms with E-state index in [0.717, 1.165) is 0 Å². The number of hydrogen-bond acceptors (Lipinski definition) is 9. The Balaban J connectivity index is -0.0000000164. The third-order valence-electron chi connectivity index (χ3n) is 0. The van der Waals surface area contributed by atoms with Crippen molar-refractivity contribution in [3.8, 4) is 0 Å². The van der Waals surface area contributed by atoms with Crippen LogP contribution < -0.4 is 0 Å². The first-order valence-corrected chi connectivity index (χ1v) is 12.3. The zero-order valence-corrected chi connectivity index (χ0v) is 24.8. The van der Waals surface area contributed by atoms with E-state index in [1.165, 1.54) is 0 Å². The molecular formula is Hf3O9Zr3. The van der Waals surface area contributed by atoms with Gasteiger partial charge in [0.25, 0.3) is 0 Å². The summed E-state index contributed by atoms with van der Waals surface area (Å²) in [6.45, 7) is 0. The standard InChI is InChI=1S/3Hf.9O.3Zr. The molecule has 0 heterocycles. The van der Waals surface area contributed by atoms with E-state index in [-0.39, 0.29) is 73.1 Å². The zero-order valence-electron chi connectivity index (χ0n) is 6.67. The third-order valence-corrected chi connectivity index (χ3v) is 0. The van der Waals surface area contributed by atoms with Gasteiger partial charge >= 0.3 is 168 Å². The van der Waals surface area contributed by atoms with Gasteiger partial charge in [-0.05, 0) is 0 Å². The number of rotatable bonds is 0. The Morgan fingerprint density at radius 2 is 0.400 bits per heavy atom. The quantitative estimate of drug-likeness (QED) is 0.276. The molecule has 9 nitrogen and oxygen atoms in total.